The van der Waals surface area contributed by atoms with Crippen molar-refractivity contribution < 1.29 is 9.21 Å². The van der Waals surface area contributed by atoms with Gasteiger partial charge in [-0.15, -0.1) is 0 Å². The number of rotatable bonds is 7. The van der Waals surface area contributed by atoms with Gasteiger partial charge < -0.3 is 14.6 Å². The highest BCUT2D eigenvalue weighted by atomic mass is 32.2. The van der Waals surface area contributed by atoms with Crippen molar-refractivity contribution in [2.45, 2.75) is 43.6 Å². The van der Waals surface area contributed by atoms with Crippen LogP contribution >= 0.6 is 11.8 Å². The molecule has 6 nitrogen and oxygen atoms in total. The van der Waals surface area contributed by atoms with Gasteiger partial charge in [0.2, 0.25) is 0 Å². The number of fused-ring (bicyclic) bond motifs is 1. The minimum atomic E-state index is -0.127. The summed E-state index contributed by atoms with van der Waals surface area (Å²) in [5, 5.41) is 4.87. The zero-order chi connectivity index (χ0) is 20.9. The molecule has 0 spiro atoms. The fourth-order valence-corrected chi connectivity index (χ4v) is 4.78. The quantitative estimate of drug-likeness (QED) is 0.449. The van der Waals surface area contributed by atoms with Gasteiger partial charge in [-0.1, -0.05) is 43.8 Å². The van der Waals surface area contributed by atoms with Gasteiger partial charge in [0.15, 0.2) is 10.9 Å². The van der Waals surface area contributed by atoms with E-state index in [4.69, 9.17) is 4.42 Å². The van der Waals surface area contributed by atoms with Crippen LogP contribution in [-0.2, 0) is 5.75 Å². The topological polar surface area (TPSA) is 71.3 Å². The molecule has 1 saturated heterocycles. The molecule has 3 aromatic rings. The molecular weight excluding hydrogens is 396 g/mol. The Bertz CT molecular complexity index is 981. The number of para-hydroxylation sites is 1. The summed E-state index contributed by atoms with van der Waals surface area (Å²) >= 11 is 1.51. The molecule has 1 N–H and O–H groups in total. The number of benzene rings is 1. The molecule has 0 saturated carbocycles. The van der Waals surface area contributed by atoms with Gasteiger partial charge in [0, 0.05) is 54.8 Å². The smallest absolute Gasteiger partial charge is 0.287 e. The van der Waals surface area contributed by atoms with Gasteiger partial charge in [-0.2, -0.15) is 0 Å². The van der Waals surface area contributed by atoms with Crippen LogP contribution in [-0.4, -0.2) is 46.5 Å². The number of hydrogen-bond acceptors (Lipinski definition) is 6. The summed E-state index contributed by atoms with van der Waals surface area (Å²) in [4.78, 5) is 24.1. The van der Waals surface area contributed by atoms with Crippen LogP contribution in [0.15, 0.2) is 52.3 Å². The van der Waals surface area contributed by atoms with Crippen LogP contribution in [0.1, 0.15) is 42.8 Å². The lowest BCUT2D eigenvalue weighted by Gasteiger charge is -2.33. The van der Waals surface area contributed by atoms with Crippen molar-refractivity contribution >= 4 is 28.6 Å². The molecule has 0 atom stereocenters. The minimum Gasteiger partial charge on any atom is -0.451 e. The Balaban J connectivity index is 1.47. The van der Waals surface area contributed by atoms with E-state index in [9.17, 15) is 4.79 Å². The number of piperidine rings is 1. The molecule has 2 aromatic heterocycles. The summed E-state index contributed by atoms with van der Waals surface area (Å²) in [5.41, 5.74) is 1.64. The molecule has 7 heteroatoms. The Hall–Kier alpha value is -2.38. The van der Waals surface area contributed by atoms with E-state index < -0.39 is 0 Å². The summed E-state index contributed by atoms with van der Waals surface area (Å²) in [5.74, 6) is 1.53. The fourth-order valence-electron chi connectivity index (χ4n) is 3.95. The van der Waals surface area contributed by atoms with E-state index in [2.05, 4.69) is 34.0 Å². The van der Waals surface area contributed by atoms with Crippen molar-refractivity contribution in [3.63, 3.8) is 0 Å². The van der Waals surface area contributed by atoms with E-state index in [0.717, 1.165) is 49.0 Å². The van der Waals surface area contributed by atoms with Crippen LogP contribution in [0.5, 0.6) is 0 Å². The normalized spacial score (nSPS) is 15.7. The molecule has 158 valence electrons. The predicted octanol–water partition coefficient (Wildman–Crippen LogP) is 4.37. The number of thioether (sulfide) groups is 1. The summed E-state index contributed by atoms with van der Waals surface area (Å²) in [7, 11) is 0. The second kappa shape index (κ2) is 9.62. The number of nitrogens with one attached hydrogen (secondary N) is 1. The Kier molecular flexibility index (Phi) is 6.69. The molecular formula is C23H28N4O2S. The molecule has 4 rings (SSSR count). The Morgan fingerprint density at radius 2 is 1.93 bits per heavy atom. The number of carbonyl (C=O) groups is 1. The van der Waals surface area contributed by atoms with E-state index in [1.807, 2.05) is 24.3 Å². The van der Waals surface area contributed by atoms with Gasteiger partial charge in [0.1, 0.15) is 5.58 Å². The first-order valence-electron chi connectivity index (χ1n) is 10.5. The molecule has 30 heavy (non-hydrogen) atoms. The summed E-state index contributed by atoms with van der Waals surface area (Å²) in [6, 6.07) is 9.78. The molecule has 1 aliphatic heterocycles. The highest BCUT2D eigenvalue weighted by Crippen LogP contribution is 2.31. The van der Waals surface area contributed by atoms with Gasteiger partial charge in [0.05, 0.1) is 0 Å². The molecule has 1 fully saturated rings. The van der Waals surface area contributed by atoms with E-state index >= 15 is 0 Å². The Labute approximate surface area is 181 Å². The Morgan fingerprint density at radius 3 is 2.67 bits per heavy atom. The van der Waals surface area contributed by atoms with Crippen LogP contribution in [0, 0.1) is 5.92 Å². The van der Waals surface area contributed by atoms with Crippen molar-refractivity contribution in [3.05, 3.63) is 54.0 Å². The van der Waals surface area contributed by atoms with Crippen LogP contribution in [0.3, 0.4) is 0 Å². The Morgan fingerprint density at radius 1 is 1.20 bits per heavy atom. The minimum absolute atomic E-state index is 0.127. The third kappa shape index (κ3) is 5.02. The molecule has 0 bridgehead atoms. The van der Waals surface area contributed by atoms with E-state index in [1.54, 1.807) is 18.5 Å². The van der Waals surface area contributed by atoms with Crippen LogP contribution in [0.25, 0.3) is 11.0 Å². The van der Waals surface area contributed by atoms with Gasteiger partial charge >= 0.3 is 0 Å². The molecule has 3 heterocycles. The summed E-state index contributed by atoms with van der Waals surface area (Å²) in [6.07, 6.45) is 5.39. The molecule has 1 aromatic carbocycles. The van der Waals surface area contributed by atoms with Crippen molar-refractivity contribution in [3.8, 4) is 0 Å². The van der Waals surface area contributed by atoms with Crippen molar-refractivity contribution in [2.75, 3.05) is 19.6 Å². The van der Waals surface area contributed by atoms with Crippen molar-refractivity contribution in [1.82, 2.24) is 20.2 Å². The van der Waals surface area contributed by atoms with Crippen molar-refractivity contribution in [2.24, 2.45) is 5.92 Å². The lowest BCUT2D eigenvalue weighted by molar-refractivity contribution is 0.0880. The maximum absolute atomic E-state index is 13.1. The van der Waals surface area contributed by atoms with Crippen LogP contribution < -0.4 is 5.32 Å². The monoisotopic (exact) mass is 424 g/mol. The zero-order valence-corrected chi connectivity index (χ0v) is 18.3. The SMILES string of the molecule is CC(C)CN1CCC(NC(=O)c2oc3ccccc3c2CSc2ncccn2)CC1. The highest BCUT2D eigenvalue weighted by molar-refractivity contribution is 7.98. The van der Waals surface area contributed by atoms with Gasteiger partial charge in [0.25, 0.3) is 5.91 Å². The highest BCUT2D eigenvalue weighted by Gasteiger charge is 2.25. The first-order chi connectivity index (χ1) is 14.6. The summed E-state index contributed by atoms with van der Waals surface area (Å²) in [6.45, 7) is 7.66. The molecule has 0 aliphatic carbocycles. The van der Waals surface area contributed by atoms with Crippen LogP contribution in [0.4, 0.5) is 0 Å². The molecule has 1 amide bonds. The molecule has 1 aliphatic rings. The number of likely N-dealkylation sites (tertiary alicyclic amines) is 1. The van der Waals surface area contributed by atoms with E-state index in [-0.39, 0.29) is 11.9 Å². The molecule has 0 unspecified atom stereocenters. The average molecular weight is 425 g/mol. The third-order valence-electron chi connectivity index (χ3n) is 5.34. The fraction of sp³-hybridized carbons (Fsp3) is 0.435. The standard InChI is InChI=1S/C23H28N4O2S/c1-16(2)14-27-12-8-17(9-13-27)26-22(28)21-19(15-30-23-24-10-5-11-25-23)18-6-3-4-7-20(18)29-21/h3-7,10-11,16-17H,8-9,12-15H2,1-2H3,(H,26,28). The van der Waals surface area contributed by atoms with Gasteiger partial charge in [-0.05, 0) is 30.9 Å². The van der Waals surface area contributed by atoms with Gasteiger partial charge in [-0.3, -0.25) is 4.79 Å². The number of nitrogens with zero attached hydrogens (tertiary/aromatic N) is 3. The van der Waals surface area contributed by atoms with Gasteiger partial charge in [-0.25, -0.2) is 9.97 Å². The lowest BCUT2D eigenvalue weighted by Crippen LogP contribution is -2.45. The van der Waals surface area contributed by atoms with Crippen LogP contribution in [0.2, 0.25) is 0 Å². The number of furan rings is 1. The van der Waals surface area contributed by atoms with E-state index in [1.165, 1.54) is 11.8 Å². The lowest BCUT2D eigenvalue weighted by atomic mass is 10.0. The first-order valence-corrected chi connectivity index (χ1v) is 11.5. The first kappa shape index (κ1) is 20.9. The number of amides is 1. The largest absolute Gasteiger partial charge is 0.451 e. The molecule has 0 radical (unpaired) electrons. The summed E-state index contributed by atoms with van der Waals surface area (Å²) < 4.78 is 5.99. The zero-order valence-electron chi connectivity index (χ0n) is 17.5. The predicted molar refractivity (Wildman–Crippen MR) is 120 cm³/mol. The third-order valence-corrected chi connectivity index (χ3v) is 6.24. The number of aromatic nitrogens is 2. The average Bonchev–Trinajstić information content (AvgIpc) is 3.13. The maximum Gasteiger partial charge on any atom is 0.287 e. The number of carbonyl (C=O) groups excluding carboxylic acids is 1. The van der Waals surface area contributed by atoms with Crippen molar-refractivity contribution in [1.29, 1.82) is 0 Å². The second-order valence-corrected chi connectivity index (χ2v) is 9.11. The maximum atomic E-state index is 13.1. The van der Waals surface area contributed by atoms with E-state index in [0.29, 0.717) is 22.6 Å². The number of hydrogen-bond donors (Lipinski definition) is 1. The second-order valence-electron chi connectivity index (χ2n) is 8.17.